The van der Waals surface area contributed by atoms with E-state index in [0.29, 0.717) is 49.3 Å². The number of carbonyl (C=O) groups is 1. The lowest BCUT2D eigenvalue weighted by Crippen LogP contribution is -2.42. The van der Waals surface area contributed by atoms with E-state index in [4.69, 9.17) is 20.8 Å². The topological polar surface area (TPSA) is 55.6 Å². The molecule has 156 valence electrons. The molecule has 0 spiro atoms. The summed E-state index contributed by atoms with van der Waals surface area (Å²) in [6.45, 7) is 2.02. The van der Waals surface area contributed by atoms with Crippen molar-refractivity contribution in [3.05, 3.63) is 77.3 Å². The molecule has 30 heavy (non-hydrogen) atoms. The first-order valence-corrected chi connectivity index (χ1v) is 10.7. The molecular formula is C24H25ClN2O3. The minimum absolute atomic E-state index is 0.118. The van der Waals surface area contributed by atoms with E-state index < -0.39 is 0 Å². The zero-order valence-corrected chi connectivity index (χ0v) is 17.6. The summed E-state index contributed by atoms with van der Waals surface area (Å²) in [5, 5.41) is 0.676. The predicted molar refractivity (Wildman–Crippen MR) is 116 cm³/mol. The van der Waals surface area contributed by atoms with Crippen LogP contribution < -0.4 is 0 Å². The number of carbonyl (C=O) groups excluding carboxylic acids is 1. The third-order valence-corrected chi connectivity index (χ3v) is 5.64. The molecule has 4 rings (SSSR count). The summed E-state index contributed by atoms with van der Waals surface area (Å²) >= 11 is 5.94. The molecule has 2 heterocycles. The van der Waals surface area contributed by atoms with Crippen molar-refractivity contribution in [2.24, 2.45) is 0 Å². The fraction of sp³-hybridized carbons (Fsp3) is 0.333. The van der Waals surface area contributed by atoms with Crippen LogP contribution in [0.15, 0.2) is 65.2 Å². The van der Waals surface area contributed by atoms with Crippen LogP contribution in [-0.4, -0.2) is 41.6 Å². The monoisotopic (exact) mass is 424 g/mol. The molecule has 1 aromatic heterocycles. The minimum Gasteiger partial charge on any atom is -0.441 e. The highest BCUT2D eigenvalue weighted by Crippen LogP contribution is 2.23. The summed E-state index contributed by atoms with van der Waals surface area (Å²) in [5.41, 5.74) is 2.14. The SMILES string of the molecule is O=C(CCc1ncc(-c2ccc(Cl)cc2)o1)N(CCc1ccccc1)[C@H]1CCOC1. The first kappa shape index (κ1) is 20.6. The van der Waals surface area contributed by atoms with Gasteiger partial charge in [0.25, 0.3) is 0 Å². The molecule has 0 bridgehead atoms. The molecule has 1 aliphatic rings. The van der Waals surface area contributed by atoms with Gasteiger partial charge in [-0.2, -0.15) is 0 Å². The zero-order valence-electron chi connectivity index (χ0n) is 16.8. The number of aryl methyl sites for hydroxylation is 1. The normalized spacial score (nSPS) is 16.0. The Labute approximate surface area is 181 Å². The number of rotatable bonds is 8. The molecule has 1 atom stereocenters. The van der Waals surface area contributed by atoms with E-state index in [1.54, 1.807) is 6.20 Å². The molecule has 3 aromatic rings. The molecule has 0 saturated carbocycles. The van der Waals surface area contributed by atoms with Crippen LogP contribution in [0.4, 0.5) is 0 Å². The lowest BCUT2D eigenvalue weighted by atomic mass is 10.1. The molecule has 0 aliphatic carbocycles. The second-order valence-electron chi connectivity index (χ2n) is 7.47. The van der Waals surface area contributed by atoms with Crippen LogP contribution in [0.1, 0.15) is 24.3 Å². The Morgan fingerprint density at radius 1 is 1.10 bits per heavy atom. The molecule has 1 aliphatic heterocycles. The summed E-state index contributed by atoms with van der Waals surface area (Å²) < 4.78 is 11.4. The van der Waals surface area contributed by atoms with Gasteiger partial charge in [-0.15, -0.1) is 0 Å². The van der Waals surface area contributed by atoms with Gasteiger partial charge in [-0.1, -0.05) is 41.9 Å². The van der Waals surface area contributed by atoms with Gasteiger partial charge in [0.05, 0.1) is 18.8 Å². The van der Waals surface area contributed by atoms with Crippen molar-refractivity contribution in [3.63, 3.8) is 0 Å². The standard InChI is InChI=1S/C24H25ClN2O3/c25-20-8-6-19(7-9-20)22-16-26-23(30-22)10-11-24(28)27(21-13-15-29-17-21)14-12-18-4-2-1-3-5-18/h1-9,16,21H,10-15,17H2/t21-/m0/s1. The fourth-order valence-electron chi connectivity index (χ4n) is 3.70. The van der Waals surface area contributed by atoms with Gasteiger partial charge in [-0.05, 0) is 42.7 Å². The molecular weight excluding hydrogens is 400 g/mol. The first-order chi connectivity index (χ1) is 14.7. The third-order valence-electron chi connectivity index (χ3n) is 5.39. The van der Waals surface area contributed by atoms with Crippen molar-refractivity contribution >= 4 is 17.5 Å². The molecule has 5 nitrogen and oxygen atoms in total. The third kappa shape index (κ3) is 5.29. The molecule has 0 radical (unpaired) electrons. The van der Waals surface area contributed by atoms with Crippen molar-refractivity contribution < 1.29 is 13.9 Å². The van der Waals surface area contributed by atoms with Gasteiger partial charge in [0, 0.05) is 36.6 Å². The summed E-state index contributed by atoms with van der Waals surface area (Å²) in [6, 6.07) is 17.8. The smallest absolute Gasteiger partial charge is 0.223 e. The quantitative estimate of drug-likeness (QED) is 0.521. The first-order valence-electron chi connectivity index (χ1n) is 10.3. The van der Waals surface area contributed by atoms with Crippen molar-refractivity contribution in [3.8, 4) is 11.3 Å². The van der Waals surface area contributed by atoms with Crippen LogP contribution in [0.3, 0.4) is 0 Å². The van der Waals surface area contributed by atoms with Crippen LogP contribution in [0, 0.1) is 0 Å². The van der Waals surface area contributed by atoms with Gasteiger partial charge in [0.2, 0.25) is 5.91 Å². The summed E-state index contributed by atoms with van der Waals surface area (Å²) in [6.07, 6.45) is 4.26. The summed E-state index contributed by atoms with van der Waals surface area (Å²) in [5.74, 6) is 1.37. The highest BCUT2D eigenvalue weighted by Gasteiger charge is 2.27. The zero-order chi connectivity index (χ0) is 20.8. The number of halogens is 1. The van der Waals surface area contributed by atoms with Crippen LogP contribution in [0.2, 0.25) is 5.02 Å². The van der Waals surface area contributed by atoms with Gasteiger partial charge < -0.3 is 14.1 Å². The maximum Gasteiger partial charge on any atom is 0.223 e. The van der Waals surface area contributed by atoms with Crippen LogP contribution in [0.5, 0.6) is 0 Å². The Hall–Kier alpha value is -2.63. The van der Waals surface area contributed by atoms with Gasteiger partial charge in [0.15, 0.2) is 11.7 Å². The molecule has 1 fully saturated rings. The second-order valence-corrected chi connectivity index (χ2v) is 7.90. The van der Waals surface area contributed by atoms with E-state index in [2.05, 4.69) is 17.1 Å². The Bertz CT molecular complexity index is 950. The van der Waals surface area contributed by atoms with Crippen LogP contribution in [-0.2, 0) is 22.4 Å². The lowest BCUT2D eigenvalue weighted by molar-refractivity contribution is -0.133. The maximum atomic E-state index is 13.0. The van der Waals surface area contributed by atoms with Gasteiger partial charge in [0.1, 0.15) is 0 Å². The Kier molecular flexibility index (Phi) is 6.82. The minimum atomic E-state index is 0.118. The Morgan fingerprint density at radius 3 is 2.63 bits per heavy atom. The molecule has 0 N–H and O–H groups in total. The number of ether oxygens (including phenoxy) is 1. The number of aromatic nitrogens is 1. The molecule has 0 unspecified atom stereocenters. The largest absolute Gasteiger partial charge is 0.441 e. The van der Waals surface area contributed by atoms with Crippen LogP contribution >= 0.6 is 11.6 Å². The number of benzene rings is 2. The Morgan fingerprint density at radius 2 is 1.90 bits per heavy atom. The molecule has 1 amide bonds. The number of hydrogen-bond donors (Lipinski definition) is 0. The summed E-state index contributed by atoms with van der Waals surface area (Å²) in [4.78, 5) is 19.3. The van der Waals surface area contributed by atoms with Gasteiger partial charge >= 0.3 is 0 Å². The average molecular weight is 425 g/mol. The molecule has 1 saturated heterocycles. The number of oxazole rings is 1. The lowest BCUT2D eigenvalue weighted by Gasteiger charge is -2.28. The van der Waals surface area contributed by atoms with E-state index in [0.717, 1.165) is 18.4 Å². The van der Waals surface area contributed by atoms with E-state index in [1.165, 1.54) is 5.56 Å². The predicted octanol–water partition coefficient (Wildman–Crippen LogP) is 4.79. The van der Waals surface area contributed by atoms with Crippen molar-refractivity contribution in [1.82, 2.24) is 9.88 Å². The van der Waals surface area contributed by atoms with Crippen molar-refractivity contribution in [2.45, 2.75) is 31.7 Å². The number of amides is 1. The fourth-order valence-corrected chi connectivity index (χ4v) is 3.83. The van der Waals surface area contributed by atoms with Crippen LogP contribution in [0.25, 0.3) is 11.3 Å². The molecule has 6 heteroatoms. The molecule has 2 aromatic carbocycles. The van der Waals surface area contributed by atoms with Gasteiger partial charge in [-0.3, -0.25) is 4.79 Å². The summed E-state index contributed by atoms with van der Waals surface area (Å²) in [7, 11) is 0. The maximum absolute atomic E-state index is 13.0. The van der Waals surface area contributed by atoms with Gasteiger partial charge in [-0.25, -0.2) is 4.98 Å². The van der Waals surface area contributed by atoms with E-state index in [9.17, 15) is 4.79 Å². The van der Waals surface area contributed by atoms with Crippen molar-refractivity contribution in [1.29, 1.82) is 0 Å². The van der Waals surface area contributed by atoms with E-state index in [-0.39, 0.29) is 11.9 Å². The van der Waals surface area contributed by atoms with E-state index in [1.807, 2.05) is 47.4 Å². The second kappa shape index (κ2) is 9.92. The average Bonchev–Trinajstić information content (AvgIpc) is 3.46. The number of nitrogens with zero attached hydrogens (tertiary/aromatic N) is 2. The number of hydrogen-bond acceptors (Lipinski definition) is 4. The van der Waals surface area contributed by atoms with Crippen molar-refractivity contribution in [2.75, 3.05) is 19.8 Å². The van der Waals surface area contributed by atoms with E-state index >= 15 is 0 Å². The highest BCUT2D eigenvalue weighted by atomic mass is 35.5. The highest BCUT2D eigenvalue weighted by molar-refractivity contribution is 6.30. The Balaban J connectivity index is 1.37.